The fraction of sp³-hybridized carbons (Fsp3) is 0.381. The van der Waals surface area contributed by atoms with E-state index in [9.17, 15) is 9.59 Å². The molecule has 0 spiro atoms. The molecular formula is C21H26N4O3. The van der Waals surface area contributed by atoms with E-state index < -0.39 is 0 Å². The van der Waals surface area contributed by atoms with Crippen molar-refractivity contribution in [1.29, 1.82) is 0 Å². The number of piperazine rings is 1. The summed E-state index contributed by atoms with van der Waals surface area (Å²) >= 11 is 0. The highest BCUT2D eigenvalue weighted by Crippen LogP contribution is 2.17. The van der Waals surface area contributed by atoms with Crippen LogP contribution in [0, 0.1) is 6.92 Å². The minimum atomic E-state index is -0.270. The van der Waals surface area contributed by atoms with E-state index >= 15 is 0 Å². The Hall–Kier alpha value is -3.09. The van der Waals surface area contributed by atoms with Gasteiger partial charge in [0.2, 0.25) is 0 Å². The Balaban J connectivity index is 1.58. The van der Waals surface area contributed by atoms with E-state index in [4.69, 9.17) is 4.74 Å². The first kappa shape index (κ1) is 19.7. The van der Waals surface area contributed by atoms with Crippen LogP contribution < -0.4 is 10.2 Å². The third-order valence-electron chi connectivity index (χ3n) is 4.68. The van der Waals surface area contributed by atoms with Crippen molar-refractivity contribution >= 4 is 17.7 Å². The van der Waals surface area contributed by atoms with Crippen LogP contribution in [0.1, 0.15) is 28.5 Å². The number of rotatable bonds is 5. The Bertz CT molecular complexity index is 832. The predicted molar refractivity (Wildman–Crippen MR) is 107 cm³/mol. The van der Waals surface area contributed by atoms with Crippen LogP contribution in [0.3, 0.4) is 0 Å². The highest BCUT2D eigenvalue weighted by molar-refractivity contribution is 5.93. The number of nitrogens with one attached hydrogen (secondary N) is 1. The maximum atomic E-state index is 12.5. The van der Waals surface area contributed by atoms with Gasteiger partial charge in [-0.05, 0) is 31.5 Å². The van der Waals surface area contributed by atoms with Crippen LogP contribution in [0.4, 0.5) is 10.5 Å². The van der Waals surface area contributed by atoms with Crippen LogP contribution in [0.25, 0.3) is 0 Å². The van der Waals surface area contributed by atoms with Crippen molar-refractivity contribution < 1.29 is 14.3 Å². The third-order valence-corrected chi connectivity index (χ3v) is 4.68. The van der Waals surface area contributed by atoms with Crippen molar-refractivity contribution in [2.75, 3.05) is 37.7 Å². The molecule has 7 heteroatoms. The van der Waals surface area contributed by atoms with E-state index in [-0.39, 0.29) is 12.0 Å². The van der Waals surface area contributed by atoms with Gasteiger partial charge in [-0.2, -0.15) is 0 Å². The van der Waals surface area contributed by atoms with E-state index in [1.54, 1.807) is 24.1 Å². The highest BCUT2D eigenvalue weighted by atomic mass is 16.6. The Labute approximate surface area is 165 Å². The molecule has 1 aliphatic heterocycles. The summed E-state index contributed by atoms with van der Waals surface area (Å²) in [7, 11) is 0. The molecule has 28 heavy (non-hydrogen) atoms. The van der Waals surface area contributed by atoms with Crippen LogP contribution >= 0.6 is 0 Å². The number of pyridine rings is 1. The zero-order chi connectivity index (χ0) is 19.9. The van der Waals surface area contributed by atoms with E-state index in [0.29, 0.717) is 45.0 Å². The number of ether oxygens (including phenoxy) is 1. The molecule has 0 unspecified atom stereocenters. The van der Waals surface area contributed by atoms with Crippen LogP contribution in [0.2, 0.25) is 0 Å². The van der Waals surface area contributed by atoms with E-state index in [1.807, 2.05) is 37.3 Å². The van der Waals surface area contributed by atoms with Crippen molar-refractivity contribution in [3.8, 4) is 0 Å². The molecule has 0 atom stereocenters. The number of carbonyl (C=O) groups excluding carboxylic acids is 2. The quantitative estimate of drug-likeness (QED) is 0.860. The number of benzene rings is 1. The fourth-order valence-electron chi connectivity index (χ4n) is 3.20. The standard InChI is InChI=1S/C21H26N4O3/c1-3-28-21(27)25-11-9-24(10-12-25)18-7-8-22-19(14-18)20(26)23-15-17-6-4-5-16(2)13-17/h4-8,13-14H,3,9-12,15H2,1-2H3,(H,23,26). The van der Waals surface area contributed by atoms with Crippen molar-refractivity contribution in [3.05, 3.63) is 59.4 Å². The van der Waals surface area contributed by atoms with Crippen molar-refractivity contribution in [1.82, 2.24) is 15.2 Å². The normalized spacial score (nSPS) is 13.9. The van der Waals surface area contributed by atoms with Gasteiger partial charge in [0.25, 0.3) is 5.91 Å². The third kappa shape index (κ3) is 5.00. The summed E-state index contributed by atoms with van der Waals surface area (Å²) in [6.45, 7) is 7.23. The first-order valence-electron chi connectivity index (χ1n) is 9.53. The number of hydrogen-bond acceptors (Lipinski definition) is 5. The first-order valence-corrected chi connectivity index (χ1v) is 9.53. The van der Waals surface area contributed by atoms with E-state index in [2.05, 4.69) is 15.2 Å². The summed E-state index contributed by atoms with van der Waals surface area (Å²) in [5.74, 6) is -0.200. The van der Waals surface area contributed by atoms with Crippen LogP contribution in [-0.2, 0) is 11.3 Å². The number of anilines is 1. The number of nitrogens with zero attached hydrogens (tertiary/aromatic N) is 3. The summed E-state index contributed by atoms with van der Waals surface area (Å²) in [4.78, 5) is 32.4. The molecule has 1 aromatic carbocycles. The van der Waals surface area contributed by atoms with Crippen molar-refractivity contribution in [2.24, 2.45) is 0 Å². The molecule has 3 rings (SSSR count). The van der Waals surface area contributed by atoms with E-state index in [1.165, 1.54) is 0 Å². The summed E-state index contributed by atoms with van der Waals surface area (Å²) in [5, 5.41) is 2.92. The van der Waals surface area contributed by atoms with Gasteiger partial charge < -0.3 is 19.9 Å². The average molecular weight is 382 g/mol. The Morgan fingerprint density at radius 2 is 1.93 bits per heavy atom. The predicted octanol–water partition coefficient (Wildman–Crippen LogP) is 2.60. The van der Waals surface area contributed by atoms with Crippen LogP contribution in [-0.4, -0.2) is 54.7 Å². The van der Waals surface area contributed by atoms with Crippen LogP contribution in [0.5, 0.6) is 0 Å². The topological polar surface area (TPSA) is 74.8 Å². The Morgan fingerprint density at radius 3 is 2.64 bits per heavy atom. The van der Waals surface area contributed by atoms with Gasteiger partial charge in [-0.1, -0.05) is 29.8 Å². The largest absolute Gasteiger partial charge is 0.450 e. The maximum Gasteiger partial charge on any atom is 0.409 e. The zero-order valence-corrected chi connectivity index (χ0v) is 16.4. The fourth-order valence-corrected chi connectivity index (χ4v) is 3.20. The number of carbonyl (C=O) groups is 2. The van der Waals surface area contributed by atoms with Crippen LogP contribution in [0.15, 0.2) is 42.6 Å². The lowest BCUT2D eigenvalue weighted by atomic mass is 10.1. The maximum absolute atomic E-state index is 12.5. The Morgan fingerprint density at radius 1 is 1.14 bits per heavy atom. The minimum absolute atomic E-state index is 0.200. The van der Waals surface area contributed by atoms with Gasteiger partial charge in [-0.15, -0.1) is 0 Å². The molecule has 0 radical (unpaired) electrons. The van der Waals surface area contributed by atoms with Gasteiger partial charge in [0.15, 0.2) is 0 Å². The second-order valence-electron chi connectivity index (χ2n) is 6.74. The summed E-state index contributed by atoms with van der Waals surface area (Å²) in [6.07, 6.45) is 1.38. The molecule has 1 aliphatic rings. The summed E-state index contributed by atoms with van der Waals surface area (Å²) < 4.78 is 5.05. The van der Waals surface area contributed by atoms with Gasteiger partial charge in [0, 0.05) is 44.6 Å². The lowest BCUT2D eigenvalue weighted by Crippen LogP contribution is -2.49. The average Bonchev–Trinajstić information content (AvgIpc) is 2.72. The van der Waals surface area contributed by atoms with E-state index in [0.717, 1.165) is 16.8 Å². The minimum Gasteiger partial charge on any atom is -0.450 e. The van der Waals surface area contributed by atoms with Gasteiger partial charge >= 0.3 is 6.09 Å². The SMILES string of the molecule is CCOC(=O)N1CCN(c2ccnc(C(=O)NCc3cccc(C)c3)c2)CC1. The number of aromatic nitrogens is 1. The van der Waals surface area contributed by atoms with Crippen molar-refractivity contribution in [3.63, 3.8) is 0 Å². The molecule has 1 aromatic heterocycles. The van der Waals surface area contributed by atoms with Gasteiger partial charge in [0.1, 0.15) is 5.69 Å². The highest BCUT2D eigenvalue weighted by Gasteiger charge is 2.22. The molecule has 1 N–H and O–H groups in total. The second-order valence-corrected chi connectivity index (χ2v) is 6.74. The molecule has 2 amide bonds. The number of hydrogen-bond donors (Lipinski definition) is 1. The lowest BCUT2D eigenvalue weighted by Gasteiger charge is -2.35. The molecule has 148 valence electrons. The molecular weight excluding hydrogens is 356 g/mol. The molecule has 1 fully saturated rings. The molecule has 2 aromatic rings. The second kappa shape index (κ2) is 9.21. The molecule has 2 heterocycles. The molecule has 0 saturated carbocycles. The molecule has 0 aliphatic carbocycles. The molecule has 7 nitrogen and oxygen atoms in total. The summed E-state index contributed by atoms with van der Waals surface area (Å²) in [6, 6.07) is 11.7. The van der Waals surface area contributed by atoms with Gasteiger partial charge in [0.05, 0.1) is 6.61 Å². The number of amides is 2. The van der Waals surface area contributed by atoms with Gasteiger partial charge in [-0.25, -0.2) is 4.79 Å². The Kier molecular flexibility index (Phi) is 6.47. The molecule has 0 bridgehead atoms. The first-order chi connectivity index (χ1) is 13.6. The molecule has 1 saturated heterocycles. The smallest absolute Gasteiger partial charge is 0.409 e. The van der Waals surface area contributed by atoms with Crippen molar-refractivity contribution in [2.45, 2.75) is 20.4 Å². The monoisotopic (exact) mass is 382 g/mol. The number of aryl methyl sites for hydroxylation is 1. The summed E-state index contributed by atoms with van der Waals surface area (Å²) in [5.41, 5.74) is 3.53. The zero-order valence-electron chi connectivity index (χ0n) is 16.4. The lowest BCUT2D eigenvalue weighted by molar-refractivity contribution is 0.0945. The van der Waals surface area contributed by atoms with Gasteiger partial charge in [-0.3, -0.25) is 9.78 Å².